The third kappa shape index (κ3) is 1.92. The normalized spacial score (nSPS) is 13.5. The molecule has 1 N–H and O–H groups in total. The number of H-pyrrole nitrogens is 1. The van der Waals surface area contributed by atoms with Crippen LogP contribution >= 0.6 is 0 Å². The number of fused-ring (bicyclic) bond motifs is 1. The van der Waals surface area contributed by atoms with Crippen molar-refractivity contribution in [3.8, 4) is 11.5 Å². The maximum Gasteiger partial charge on any atom is 0.268 e. The van der Waals surface area contributed by atoms with Crippen molar-refractivity contribution in [2.24, 2.45) is 0 Å². The number of nitrogens with zero attached hydrogens (tertiary/aromatic N) is 1. The summed E-state index contributed by atoms with van der Waals surface area (Å²) in [4.78, 5) is 40.9. The average Bonchev–Trinajstić information content (AvgIpc) is 3.16. The van der Waals surface area contributed by atoms with Gasteiger partial charge in [-0.25, -0.2) is 4.90 Å². The number of nitrogens with one attached hydrogen (secondary N) is 1. The molecule has 0 bridgehead atoms. The van der Waals surface area contributed by atoms with Crippen LogP contribution in [0.4, 0.5) is 5.69 Å². The van der Waals surface area contributed by atoms with Crippen LogP contribution < -0.4 is 10.5 Å². The summed E-state index contributed by atoms with van der Waals surface area (Å²) in [5.41, 5.74) is 0.430. The number of anilines is 1. The van der Waals surface area contributed by atoms with Crippen LogP contribution in [0.25, 0.3) is 11.5 Å². The zero-order valence-corrected chi connectivity index (χ0v) is 11.8. The van der Waals surface area contributed by atoms with Gasteiger partial charge in [0.15, 0.2) is 5.76 Å². The van der Waals surface area contributed by atoms with Crippen molar-refractivity contribution in [2.45, 2.75) is 0 Å². The highest BCUT2D eigenvalue weighted by Gasteiger charge is 2.40. The molecule has 0 spiro atoms. The second kappa shape index (κ2) is 4.81. The van der Waals surface area contributed by atoms with Gasteiger partial charge in [-0.05, 0) is 24.3 Å². The fourth-order valence-corrected chi connectivity index (χ4v) is 2.69. The van der Waals surface area contributed by atoms with E-state index in [0.717, 1.165) is 11.0 Å². The van der Waals surface area contributed by atoms with Gasteiger partial charge in [0.05, 0.1) is 28.8 Å². The Morgan fingerprint density at radius 3 is 2.39 bits per heavy atom. The summed E-state index contributed by atoms with van der Waals surface area (Å²) >= 11 is 0. The van der Waals surface area contributed by atoms with Gasteiger partial charge >= 0.3 is 0 Å². The standard InChI is InChI=1S/C17H10N2O4/c20-13-9-11-14(15(18-13)12-7-4-8-23-12)17(22)19(16(11)21)10-5-2-1-3-6-10/h1-9H,(H,18,20). The van der Waals surface area contributed by atoms with Gasteiger partial charge in [0, 0.05) is 6.07 Å². The molecule has 0 radical (unpaired) electrons. The van der Waals surface area contributed by atoms with Crippen LogP contribution in [0.2, 0.25) is 0 Å². The molecule has 6 nitrogen and oxygen atoms in total. The summed E-state index contributed by atoms with van der Waals surface area (Å²) < 4.78 is 5.27. The molecular formula is C17H10N2O4. The van der Waals surface area contributed by atoms with Crippen LogP contribution in [0.15, 0.2) is 64.0 Å². The summed E-state index contributed by atoms with van der Waals surface area (Å²) in [6.07, 6.45) is 1.43. The highest BCUT2D eigenvalue weighted by molar-refractivity contribution is 6.35. The Morgan fingerprint density at radius 2 is 1.70 bits per heavy atom. The minimum absolute atomic E-state index is 0.0778. The van der Waals surface area contributed by atoms with Gasteiger partial charge in [0.25, 0.3) is 11.8 Å². The smallest absolute Gasteiger partial charge is 0.268 e. The first-order chi connectivity index (χ1) is 11.2. The predicted molar refractivity (Wildman–Crippen MR) is 82.3 cm³/mol. The molecule has 0 unspecified atom stereocenters. The molecule has 112 valence electrons. The highest BCUT2D eigenvalue weighted by atomic mass is 16.3. The molecule has 0 aliphatic carbocycles. The minimum Gasteiger partial charge on any atom is -0.463 e. The number of furan rings is 1. The van der Waals surface area contributed by atoms with Gasteiger partial charge in [-0.2, -0.15) is 0 Å². The van der Waals surface area contributed by atoms with Gasteiger partial charge in [0.2, 0.25) is 5.56 Å². The van der Waals surface area contributed by atoms with Crippen molar-refractivity contribution >= 4 is 17.5 Å². The minimum atomic E-state index is -0.518. The van der Waals surface area contributed by atoms with E-state index < -0.39 is 17.4 Å². The topological polar surface area (TPSA) is 83.4 Å². The first-order valence-electron chi connectivity index (χ1n) is 6.92. The van der Waals surface area contributed by atoms with E-state index >= 15 is 0 Å². The van der Waals surface area contributed by atoms with Gasteiger partial charge in [-0.15, -0.1) is 0 Å². The summed E-state index contributed by atoms with van der Waals surface area (Å²) in [5.74, 6) is -0.677. The molecule has 0 saturated carbocycles. The Kier molecular flexibility index (Phi) is 2.77. The molecule has 6 heteroatoms. The summed E-state index contributed by atoms with van der Waals surface area (Å²) in [6.45, 7) is 0. The van der Waals surface area contributed by atoms with E-state index in [1.54, 1.807) is 42.5 Å². The Hall–Kier alpha value is -3.41. The maximum absolute atomic E-state index is 12.8. The maximum atomic E-state index is 12.8. The summed E-state index contributed by atoms with van der Waals surface area (Å²) in [5, 5.41) is 0. The molecule has 4 rings (SSSR count). The van der Waals surface area contributed by atoms with E-state index in [1.165, 1.54) is 6.26 Å². The van der Waals surface area contributed by atoms with Crippen LogP contribution in [-0.4, -0.2) is 16.8 Å². The zero-order valence-electron chi connectivity index (χ0n) is 11.8. The van der Waals surface area contributed by atoms with Crippen molar-refractivity contribution in [3.63, 3.8) is 0 Å². The van der Waals surface area contributed by atoms with Crippen LogP contribution in [0.5, 0.6) is 0 Å². The van der Waals surface area contributed by atoms with E-state index in [0.29, 0.717) is 11.4 Å². The van der Waals surface area contributed by atoms with E-state index in [2.05, 4.69) is 4.98 Å². The summed E-state index contributed by atoms with van der Waals surface area (Å²) in [7, 11) is 0. The molecule has 2 aromatic heterocycles. The first kappa shape index (κ1) is 13.3. The van der Waals surface area contributed by atoms with E-state index in [1.807, 2.05) is 0 Å². The lowest BCUT2D eigenvalue weighted by atomic mass is 10.1. The zero-order chi connectivity index (χ0) is 16.0. The van der Waals surface area contributed by atoms with Crippen LogP contribution in [0.3, 0.4) is 0 Å². The van der Waals surface area contributed by atoms with Crippen LogP contribution in [0.1, 0.15) is 20.7 Å². The molecule has 1 aliphatic heterocycles. The number of benzene rings is 1. The van der Waals surface area contributed by atoms with E-state index in [9.17, 15) is 14.4 Å². The van der Waals surface area contributed by atoms with Crippen LogP contribution in [0, 0.1) is 0 Å². The molecule has 0 atom stereocenters. The van der Waals surface area contributed by atoms with Gasteiger partial charge in [-0.1, -0.05) is 18.2 Å². The second-order valence-electron chi connectivity index (χ2n) is 5.06. The number of carbonyl (C=O) groups excluding carboxylic acids is 2. The number of carbonyl (C=O) groups is 2. The van der Waals surface area contributed by atoms with Crippen molar-refractivity contribution < 1.29 is 14.0 Å². The Morgan fingerprint density at radius 1 is 0.913 bits per heavy atom. The number of para-hydroxylation sites is 1. The molecule has 3 aromatic rings. The average molecular weight is 306 g/mol. The van der Waals surface area contributed by atoms with Crippen molar-refractivity contribution in [1.82, 2.24) is 4.98 Å². The quantitative estimate of drug-likeness (QED) is 0.737. The fourth-order valence-electron chi connectivity index (χ4n) is 2.69. The van der Waals surface area contributed by atoms with Gasteiger partial charge in [0.1, 0.15) is 0 Å². The number of pyridine rings is 1. The van der Waals surface area contributed by atoms with Crippen LogP contribution in [-0.2, 0) is 0 Å². The van der Waals surface area contributed by atoms with Crippen molar-refractivity contribution in [2.75, 3.05) is 4.90 Å². The highest BCUT2D eigenvalue weighted by Crippen LogP contribution is 2.32. The fraction of sp³-hybridized carbons (Fsp3) is 0. The second-order valence-corrected chi connectivity index (χ2v) is 5.06. The summed E-state index contributed by atoms with van der Waals surface area (Å²) in [6, 6.07) is 13.0. The molecule has 1 aliphatic rings. The lowest BCUT2D eigenvalue weighted by Gasteiger charge is -2.13. The molecule has 1 aromatic carbocycles. The molecule has 3 heterocycles. The lowest BCUT2D eigenvalue weighted by Crippen LogP contribution is -2.29. The Labute approximate surface area is 130 Å². The number of aromatic nitrogens is 1. The molecule has 23 heavy (non-hydrogen) atoms. The molecule has 0 saturated heterocycles. The van der Waals surface area contributed by atoms with Gasteiger partial charge in [-0.3, -0.25) is 14.4 Å². The molecular weight excluding hydrogens is 296 g/mol. The van der Waals surface area contributed by atoms with Gasteiger partial charge < -0.3 is 9.40 Å². The first-order valence-corrected chi connectivity index (χ1v) is 6.92. The number of aromatic amines is 1. The molecule has 2 amide bonds. The lowest BCUT2D eigenvalue weighted by molar-refractivity contribution is 0.0926. The predicted octanol–water partition coefficient (Wildman–Crippen LogP) is 2.44. The number of amides is 2. The molecule has 0 fully saturated rings. The number of hydrogen-bond acceptors (Lipinski definition) is 4. The van der Waals surface area contributed by atoms with Crippen molar-refractivity contribution in [3.05, 3.63) is 76.3 Å². The Bertz CT molecular complexity index is 972. The van der Waals surface area contributed by atoms with E-state index in [4.69, 9.17) is 4.42 Å². The number of rotatable bonds is 2. The monoisotopic (exact) mass is 306 g/mol. The van der Waals surface area contributed by atoms with E-state index in [-0.39, 0.29) is 16.8 Å². The Balaban J connectivity index is 1.95. The SMILES string of the molecule is O=C1c2cc(=O)[nH]c(-c3ccco3)c2C(=O)N1c1ccccc1. The number of hydrogen-bond donors (Lipinski definition) is 1. The third-order valence-electron chi connectivity index (χ3n) is 3.68. The van der Waals surface area contributed by atoms with Crippen molar-refractivity contribution in [1.29, 1.82) is 0 Å². The largest absolute Gasteiger partial charge is 0.463 e. The third-order valence-corrected chi connectivity index (χ3v) is 3.68. The number of imide groups is 1.